The zero-order valence-corrected chi connectivity index (χ0v) is 23.3. The second kappa shape index (κ2) is 10.2. The van der Waals surface area contributed by atoms with E-state index in [1.807, 2.05) is 6.92 Å². The Hall–Kier alpha value is -2.96. The number of quaternary nitrogens is 1. The molecule has 4 saturated heterocycles. The summed E-state index contributed by atoms with van der Waals surface area (Å²) in [7, 11) is 1.31. The van der Waals surface area contributed by atoms with Crippen LogP contribution in [-0.4, -0.2) is 98.7 Å². The molecule has 210 valence electrons. The van der Waals surface area contributed by atoms with E-state index >= 15 is 0 Å². The Balaban J connectivity index is 1.26. The van der Waals surface area contributed by atoms with Crippen LogP contribution in [0.3, 0.4) is 0 Å². The average Bonchev–Trinajstić information content (AvgIpc) is 2.90. The molecule has 5 aliphatic heterocycles. The summed E-state index contributed by atoms with van der Waals surface area (Å²) >= 11 is 7.63. The number of benzene rings is 1. The summed E-state index contributed by atoms with van der Waals surface area (Å²) in [5.41, 5.74) is 1.07. The largest absolute Gasteiger partial charge is 0.504 e. The predicted molar refractivity (Wildman–Crippen MR) is 144 cm³/mol. The maximum atomic E-state index is 13.1. The number of carboxylic acid groups (broad SMARTS) is 1. The van der Waals surface area contributed by atoms with Gasteiger partial charge < -0.3 is 30.0 Å². The number of halogens is 1. The number of thioether (sulfide) groups is 1. The first-order chi connectivity index (χ1) is 18.5. The second-order valence-electron chi connectivity index (χ2n) is 10.9. The van der Waals surface area contributed by atoms with E-state index in [1.165, 1.54) is 24.1 Å². The molecule has 2 amide bonds. The first-order valence-electron chi connectivity index (χ1n) is 12.9. The summed E-state index contributed by atoms with van der Waals surface area (Å²) < 4.78 is 0.793. The van der Waals surface area contributed by atoms with Gasteiger partial charge in [-0.25, -0.2) is 4.79 Å². The Morgan fingerprint density at radius 1 is 1.26 bits per heavy atom. The topological polar surface area (TPSA) is 149 Å². The smallest absolute Gasteiger partial charge is 0.352 e. The molecule has 4 N–H and O–H groups in total. The van der Waals surface area contributed by atoms with Gasteiger partial charge >= 0.3 is 5.97 Å². The lowest BCUT2D eigenvalue weighted by atomic mass is 9.70. The molecule has 1 aromatic carbocycles. The van der Waals surface area contributed by atoms with Crippen molar-refractivity contribution < 1.29 is 39.0 Å². The quantitative estimate of drug-likeness (QED) is 0.120. The number of rotatable bonds is 8. The van der Waals surface area contributed by atoms with Gasteiger partial charge in [0, 0.05) is 47.6 Å². The number of carbonyl (C=O) groups is 3. The van der Waals surface area contributed by atoms with E-state index in [4.69, 9.17) is 16.4 Å². The predicted octanol–water partition coefficient (Wildman–Crippen LogP) is 2.25. The second-order valence-corrected chi connectivity index (χ2v) is 12.9. The van der Waals surface area contributed by atoms with Crippen LogP contribution in [0.1, 0.15) is 38.2 Å². The third-order valence-electron chi connectivity index (χ3n) is 8.70. The summed E-state index contributed by atoms with van der Waals surface area (Å²) in [6.45, 7) is 5.68. The van der Waals surface area contributed by atoms with Crippen molar-refractivity contribution in [3.8, 4) is 11.5 Å². The molecule has 2 bridgehead atoms. The number of piperidine rings is 3. The number of hydrogen-bond acceptors (Lipinski definition) is 8. The number of carbonyl (C=O) groups excluding carboxylic acids is 2. The van der Waals surface area contributed by atoms with Crippen LogP contribution >= 0.6 is 23.4 Å². The van der Waals surface area contributed by atoms with Crippen LogP contribution in [0.2, 0.25) is 5.02 Å². The normalized spacial score (nSPS) is 30.1. The standard InChI is InChI=1S/C26H31ClN4O7S/c1-14-16(22(25(36)37)30-19(33)11-20(30)39-14)12-31-6-3-26(4-7-31,5-8-31)13-28-24(35)21(29-38-2)15-9-17(27)23(34)18(32)10-15/h9-10,14,20H,3-8,11-13H2,1-2H3,(H3-,28,29,32,34,35,36,37)/p+1/t14-,20+,26?,31?/m0/s1. The molecule has 4 fully saturated rings. The van der Waals surface area contributed by atoms with E-state index in [0.717, 1.165) is 49.0 Å². The number of amides is 2. The highest BCUT2D eigenvalue weighted by Crippen LogP contribution is 2.48. The van der Waals surface area contributed by atoms with Gasteiger partial charge in [0.2, 0.25) is 5.91 Å². The van der Waals surface area contributed by atoms with Gasteiger partial charge in [0.05, 0.1) is 36.5 Å². The van der Waals surface area contributed by atoms with Crippen molar-refractivity contribution in [2.24, 2.45) is 10.6 Å². The van der Waals surface area contributed by atoms with Gasteiger partial charge in [0.25, 0.3) is 5.91 Å². The Kier molecular flexibility index (Phi) is 7.23. The van der Waals surface area contributed by atoms with E-state index in [9.17, 15) is 29.7 Å². The van der Waals surface area contributed by atoms with Crippen molar-refractivity contribution in [1.29, 1.82) is 0 Å². The van der Waals surface area contributed by atoms with Gasteiger partial charge in [-0.05, 0) is 19.1 Å². The highest BCUT2D eigenvalue weighted by Gasteiger charge is 2.53. The molecule has 0 unspecified atom stereocenters. The third-order valence-corrected chi connectivity index (χ3v) is 10.4. The fourth-order valence-corrected chi connectivity index (χ4v) is 7.88. The Bertz CT molecular complexity index is 1250. The van der Waals surface area contributed by atoms with Crippen molar-refractivity contribution in [2.75, 3.05) is 39.8 Å². The first-order valence-corrected chi connectivity index (χ1v) is 14.2. The third kappa shape index (κ3) is 4.93. The minimum atomic E-state index is -1.03. The van der Waals surface area contributed by atoms with E-state index in [1.54, 1.807) is 11.8 Å². The van der Waals surface area contributed by atoms with Crippen LogP contribution in [-0.2, 0) is 19.2 Å². The molecule has 6 rings (SSSR count). The van der Waals surface area contributed by atoms with Gasteiger partial charge in [-0.3, -0.25) is 14.5 Å². The van der Waals surface area contributed by atoms with Crippen LogP contribution < -0.4 is 5.32 Å². The van der Waals surface area contributed by atoms with Crippen molar-refractivity contribution in [3.63, 3.8) is 0 Å². The average molecular weight is 580 g/mol. The number of phenols is 2. The molecule has 5 aliphatic rings. The fourth-order valence-electron chi connectivity index (χ4n) is 6.26. The summed E-state index contributed by atoms with van der Waals surface area (Å²) in [4.78, 5) is 43.8. The SMILES string of the molecule is CO/N=C(\C(=O)NCC12CC[N+](CC3=C(C(=O)O)N4C(=O)C[C@H]4S[C@H]3C)(CC1)CC2)c1cc(O)c(O)c(Cl)c1. The lowest BCUT2D eigenvalue weighted by Gasteiger charge is -2.56. The maximum absolute atomic E-state index is 13.1. The fraction of sp³-hybridized carbons (Fsp3) is 0.538. The summed E-state index contributed by atoms with van der Waals surface area (Å²) in [5, 5.41) is 36.3. The number of aromatic hydroxyl groups is 2. The molecule has 2 atom stereocenters. The number of phenolic OH excluding ortho intramolecular Hbond substituents is 2. The molecule has 1 aromatic rings. The Morgan fingerprint density at radius 3 is 2.49 bits per heavy atom. The van der Waals surface area contributed by atoms with Crippen molar-refractivity contribution in [3.05, 3.63) is 34.0 Å². The van der Waals surface area contributed by atoms with Gasteiger partial charge in [-0.2, -0.15) is 0 Å². The zero-order chi connectivity index (χ0) is 28.1. The molecule has 0 aliphatic carbocycles. The van der Waals surface area contributed by atoms with Gasteiger partial charge in [-0.1, -0.05) is 16.8 Å². The number of carboxylic acids is 1. The van der Waals surface area contributed by atoms with Crippen LogP contribution in [0.5, 0.6) is 11.5 Å². The maximum Gasteiger partial charge on any atom is 0.352 e. The van der Waals surface area contributed by atoms with Crippen LogP contribution in [0.4, 0.5) is 0 Å². The number of nitrogens with zero attached hydrogens (tertiary/aromatic N) is 3. The van der Waals surface area contributed by atoms with Gasteiger partial charge in [0.15, 0.2) is 17.2 Å². The van der Waals surface area contributed by atoms with Crippen LogP contribution in [0.15, 0.2) is 28.6 Å². The molecule has 5 heterocycles. The molecule has 0 spiro atoms. The number of fused-ring (bicyclic) bond motifs is 4. The van der Waals surface area contributed by atoms with Crippen LogP contribution in [0.25, 0.3) is 0 Å². The van der Waals surface area contributed by atoms with Crippen molar-refractivity contribution >= 4 is 46.9 Å². The van der Waals surface area contributed by atoms with Crippen molar-refractivity contribution in [1.82, 2.24) is 10.2 Å². The summed E-state index contributed by atoms with van der Waals surface area (Å²) in [6, 6.07) is 2.53. The van der Waals surface area contributed by atoms with Crippen molar-refractivity contribution in [2.45, 2.75) is 43.2 Å². The highest BCUT2D eigenvalue weighted by atomic mass is 35.5. The van der Waals surface area contributed by atoms with E-state index < -0.39 is 23.4 Å². The zero-order valence-electron chi connectivity index (χ0n) is 21.8. The Morgan fingerprint density at radius 2 is 1.92 bits per heavy atom. The highest BCUT2D eigenvalue weighted by molar-refractivity contribution is 8.00. The number of hydrogen-bond donors (Lipinski definition) is 4. The van der Waals surface area contributed by atoms with E-state index in [2.05, 4.69) is 10.5 Å². The molecule has 0 aromatic heterocycles. The monoisotopic (exact) mass is 579 g/mol. The molecular weight excluding hydrogens is 548 g/mol. The molecular formula is C26H32ClN4O7S+. The number of β-lactam (4-membered cyclic amide) rings is 1. The molecule has 39 heavy (non-hydrogen) atoms. The molecule has 13 heteroatoms. The lowest BCUT2D eigenvalue weighted by molar-refractivity contribution is -0.941. The molecule has 11 nitrogen and oxygen atoms in total. The molecule has 0 radical (unpaired) electrons. The van der Waals surface area contributed by atoms with E-state index in [-0.39, 0.29) is 43.9 Å². The first kappa shape index (κ1) is 27.6. The summed E-state index contributed by atoms with van der Waals surface area (Å²) in [5.74, 6) is -2.59. The van der Waals surface area contributed by atoms with Crippen LogP contribution in [0, 0.1) is 5.41 Å². The van der Waals surface area contributed by atoms with E-state index in [0.29, 0.717) is 19.5 Å². The number of oxime groups is 1. The lowest BCUT2D eigenvalue weighted by Crippen LogP contribution is -2.65. The van der Waals surface area contributed by atoms with Gasteiger partial charge in [0.1, 0.15) is 19.4 Å². The minimum Gasteiger partial charge on any atom is -0.504 e. The number of aliphatic carboxylic acids is 1. The minimum absolute atomic E-state index is 0.0391. The number of nitrogens with one attached hydrogen (secondary N) is 1. The Labute approximate surface area is 235 Å². The van der Waals surface area contributed by atoms with Gasteiger partial charge in [-0.15, -0.1) is 11.8 Å². The summed E-state index contributed by atoms with van der Waals surface area (Å²) in [6.07, 6.45) is 3.01. The molecule has 0 saturated carbocycles.